The minimum atomic E-state index is 0.118. The predicted octanol–water partition coefficient (Wildman–Crippen LogP) is 1.25. The maximum Gasteiger partial charge on any atom is 0.155 e. The molecule has 0 aromatic carbocycles. The Bertz CT molecular complexity index is 250. The molecule has 1 atom stereocenters. The van der Waals surface area contributed by atoms with Gasteiger partial charge in [-0.25, -0.2) is 0 Å². The monoisotopic (exact) mass is 150 g/mol. The van der Waals surface area contributed by atoms with Crippen molar-refractivity contribution in [3.05, 3.63) is 11.6 Å². The molecule has 0 bridgehead atoms. The summed E-state index contributed by atoms with van der Waals surface area (Å²) in [6, 6.07) is 0. The van der Waals surface area contributed by atoms with Crippen LogP contribution >= 0.6 is 0 Å². The zero-order valence-corrected chi connectivity index (χ0v) is 6.30. The van der Waals surface area contributed by atoms with E-state index in [0.29, 0.717) is 18.6 Å². The summed E-state index contributed by atoms with van der Waals surface area (Å²) in [5.74, 6) is 0.655. The molecular weight excluding hydrogens is 140 g/mol. The highest BCUT2D eigenvalue weighted by atomic mass is 16.1. The predicted molar refractivity (Wildman–Crippen MR) is 40.1 cm³/mol. The average Bonchev–Trinajstić information content (AvgIpc) is 2.32. The van der Waals surface area contributed by atoms with Gasteiger partial charge < -0.3 is 0 Å². The van der Waals surface area contributed by atoms with E-state index >= 15 is 0 Å². The van der Waals surface area contributed by atoms with Gasteiger partial charge in [0.05, 0.1) is 0 Å². The quantitative estimate of drug-likeness (QED) is 0.521. The number of hydrogen-bond acceptors (Lipinski definition) is 2. The third-order valence-electron chi connectivity index (χ3n) is 2.52. The van der Waals surface area contributed by atoms with Crippen molar-refractivity contribution in [2.45, 2.75) is 25.7 Å². The molecule has 0 amide bonds. The molecule has 2 aliphatic carbocycles. The van der Waals surface area contributed by atoms with E-state index < -0.39 is 0 Å². The van der Waals surface area contributed by atoms with Crippen LogP contribution in [0.25, 0.3) is 0 Å². The lowest BCUT2D eigenvalue weighted by Crippen LogP contribution is -2.15. The highest BCUT2D eigenvalue weighted by molar-refractivity contribution is 5.97. The van der Waals surface area contributed by atoms with Crippen LogP contribution in [0, 0.1) is 5.92 Å². The molecule has 0 aliphatic heterocycles. The number of rotatable bonds is 0. The van der Waals surface area contributed by atoms with E-state index in [1.54, 1.807) is 6.08 Å². The Labute approximate surface area is 65.3 Å². The van der Waals surface area contributed by atoms with Crippen molar-refractivity contribution in [1.29, 1.82) is 0 Å². The fraction of sp³-hybridized carbons (Fsp3) is 0.556. The van der Waals surface area contributed by atoms with E-state index in [0.717, 1.165) is 18.4 Å². The normalized spacial score (nSPS) is 30.2. The molecule has 0 spiro atoms. The van der Waals surface area contributed by atoms with Crippen molar-refractivity contribution in [3.8, 4) is 0 Å². The smallest absolute Gasteiger partial charge is 0.155 e. The molecule has 0 radical (unpaired) electrons. The molecule has 1 unspecified atom stereocenters. The Morgan fingerprint density at radius 1 is 1.18 bits per heavy atom. The number of allylic oxidation sites excluding steroid dienone is 2. The molecule has 0 N–H and O–H groups in total. The van der Waals surface area contributed by atoms with Gasteiger partial charge in [0.1, 0.15) is 5.78 Å². The SMILES string of the molecule is O=C1C=C2CCC(=O)C2CC1. The zero-order chi connectivity index (χ0) is 7.84. The van der Waals surface area contributed by atoms with Crippen LogP contribution < -0.4 is 0 Å². The summed E-state index contributed by atoms with van der Waals surface area (Å²) in [6.45, 7) is 0. The summed E-state index contributed by atoms with van der Waals surface area (Å²) in [4.78, 5) is 22.1. The van der Waals surface area contributed by atoms with Crippen molar-refractivity contribution >= 4 is 11.6 Å². The molecule has 0 heterocycles. The zero-order valence-electron chi connectivity index (χ0n) is 6.30. The number of carbonyl (C=O) groups excluding carboxylic acids is 2. The first-order valence-electron chi connectivity index (χ1n) is 4.03. The Morgan fingerprint density at radius 2 is 2.00 bits per heavy atom. The second-order valence-corrected chi connectivity index (χ2v) is 3.24. The molecule has 2 heteroatoms. The number of fused-ring (bicyclic) bond motifs is 1. The van der Waals surface area contributed by atoms with E-state index in [1.165, 1.54) is 0 Å². The van der Waals surface area contributed by atoms with Crippen LogP contribution in [-0.4, -0.2) is 11.6 Å². The number of ketones is 2. The maximum absolute atomic E-state index is 11.2. The first-order valence-corrected chi connectivity index (χ1v) is 4.03. The molecule has 0 aromatic rings. The lowest BCUT2D eigenvalue weighted by atomic mass is 9.89. The molecule has 58 valence electrons. The summed E-state index contributed by atoms with van der Waals surface area (Å²) in [6.07, 6.45) is 4.50. The molecule has 1 saturated carbocycles. The summed E-state index contributed by atoms with van der Waals surface area (Å²) in [5, 5.41) is 0. The highest BCUT2D eigenvalue weighted by Gasteiger charge is 2.32. The summed E-state index contributed by atoms with van der Waals surface area (Å²) in [5.41, 5.74) is 1.09. The Morgan fingerprint density at radius 3 is 2.82 bits per heavy atom. The van der Waals surface area contributed by atoms with Crippen LogP contribution in [0.15, 0.2) is 11.6 Å². The van der Waals surface area contributed by atoms with Gasteiger partial charge >= 0.3 is 0 Å². The van der Waals surface area contributed by atoms with Gasteiger partial charge in [0.15, 0.2) is 5.78 Å². The summed E-state index contributed by atoms with van der Waals surface area (Å²) >= 11 is 0. The van der Waals surface area contributed by atoms with Gasteiger partial charge in [0.25, 0.3) is 0 Å². The van der Waals surface area contributed by atoms with Crippen molar-refractivity contribution in [1.82, 2.24) is 0 Å². The standard InChI is InChI=1S/C9H10O2/c10-7-2-3-8-6(5-7)1-4-9(8)11/h5,8H,1-4H2. The largest absolute Gasteiger partial charge is 0.299 e. The number of Topliss-reactive ketones (excluding diaryl/α,β-unsaturated/α-hetero) is 1. The van der Waals surface area contributed by atoms with Crippen molar-refractivity contribution in [2.24, 2.45) is 5.92 Å². The number of hydrogen-bond donors (Lipinski definition) is 0. The molecule has 1 fully saturated rings. The summed E-state index contributed by atoms with van der Waals surface area (Å²) in [7, 11) is 0. The fourth-order valence-corrected chi connectivity index (χ4v) is 1.91. The van der Waals surface area contributed by atoms with Gasteiger partial charge in [-0.1, -0.05) is 5.57 Å². The molecule has 0 aromatic heterocycles. The van der Waals surface area contributed by atoms with Gasteiger partial charge in [-0.3, -0.25) is 9.59 Å². The van der Waals surface area contributed by atoms with Gasteiger partial charge in [-0.15, -0.1) is 0 Å². The second-order valence-electron chi connectivity index (χ2n) is 3.24. The van der Waals surface area contributed by atoms with E-state index in [-0.39, 0.29) is 11.7 Å². The van der Waals surface area contributed by atoms with Crippen LogP contribution in [0.3, 0.4) is 0 Å². The minimum absolute atomic E-state index is 0.118. The average molecular weight is 150 g/mol. The Balaban J connectivity index is 2.31. The van der Waals surface area contributed by atoms with Crippen molar-refractivity contribution < 1.29 is 9.59 Å². The number of carbonyl (C=O) groups is 2. The minimum Gasteiger partial charge on any atom is -0.299 e. The van der Waals surface area contributed by atoms with Crippen LogP contribution in [0.5, 0.6) is 0 Å². The van der Waals surface area contributed by atoms with E-state index in [1.807, 2.05) is 0 Å². The molecule has 2 nitrogen and oxygen atoms in total. The van der Waals surface area contributed by atoms with Crippen LogP contribution in [0.1, 0.15) is 25.7 Å². The van der Waals surface area contributed by atoms with Gasteiger partial charge in [0.2, 0.25) is 0 Å². The first kappa shape index (κ1) is 6.77. The molecule has 2 aliphatic rings. The van der Waals surface area contributed by atoms with Gasteiger partial charge in [0, 0.05) is 18.8 Å². The molecular formula is C9H10O2. The first-order chi connectivity index (χ1) is 5.27. The van der Waals surface area contributed by atoms with Crippen LogP contribution in [0.2, 0.25) is 0 Å². The van der Waals surface area contributed by atoms with E-state index in [4.69, 9.17) is 0 Å². The molecule has 11 heavy (non-hydrogen) atoms. The molecule has 0 saturated heterocycles. The highest BCUT2D eigenvalue weighted by Crippen LogP contribution is 2.34. The summed E-state index contributed by atoms with van der Waals surface area (Å²) < 4.78 is 0. The van der Waals surface area contributed by atoms with Gasteiger partial charge in [-0.2, -0.15) is 0 Å². The molecule has 2 rings (SSSR count). The fourth-order valence-electron chi connectivity index (χ4n) is 1.91. The van der Waals surface area contributed by atoms with Crippen molar-refractivity contribution in [2.75, 3.05) is 0 Å². The Kier molecular flexibility index (Phi) is 1.41. The van der Waals surface area contributed by atoms with Gasteiger partial charge in [-0.05, 0) is 18.9 Å². The Hall–Kier alpha value is -0.920. The lowest BCUT2D eigenvalue weighted by Gasteiger charge is -2.13. The van der Waals surface area contributed by atoms with E-state index in [9.17, 15) is 9.59 Å². The van der Waals surface area contributed by atoms with Crippen LogP contribution in [0.4, 0.5) is 0 Å². The second kappa shape index (κ2) is 2.29. The van der Waals surface area contributed by atoms with E-state index in [2.05, 4.69) is 0 Å². The maximum atomic E-state index is 11.2. The third-order valence-corrected chi connectivity index (χ3v) is 2.52. The third kappa shape index (κ3) is 1.02. The lowest BCUT2D eigenvalue weighted by molar-refractivity contribution is -0.121. The van der Waals surface area contributed by atoms with Crippen LogP contribution in [-0.2, 0) is 9.59 Å². The van der Waals surface area contributed by atoms with Crippen molar-refractivity contribution in [3.63, 3.8) is 0 Å². The topological polar surface area (TPSA) is 34.1 Å².